The van der Waals surface area contributed by atoms with Crippen LogP contribution in [0.4, 0.5) is 5.69 Å². The maximum atomic E-state index is 13.6. The van der Waals surface area contributed by atoms with Crippen molar-refractivity contribution < 1.29 is 9.59 Å². The molecule has 5 rings (SSSR count). The van der Waals surface area contributed by atoms with Gasteiger partial charge >= 0.3 is 0 Å². The van der Waals surface area contributed by atoms with Gasteiger partial charge in [0.2, 0.25) is 5.91 Å². The minimum atomic E-state index is -0.414. The topological polar surface area (TPSA) is 52.7 Å². The van der Waals surface area contributed by atoms with Crippen molar-refractivity contribution in [3.05, 3.63) is 65.2 Å². The number of thioether (sulfide) groups is 1. The van der Waals surface area contributed by atoms with Gasteiger partial charge in [0.15, 0.2) is 0 Å². The third kappa shape index (κ3) is 4.89. The Balaban J connectivity index is 1.35. The van der Waals surface area contributed by atoms with Crippen molar-refractivity contribution in [1.29, 1.82) is 0 Å². The van der Waals surface area contributed by atoms with Gasteiger partial charge in [-0.25, -0.2) is 0 Å². The van der Waals surface area contributed by atoms with Crippen LogP contribution in [0.2, 0.25) is 0 Å². The fraction of sp³-hybridized carbons (Fsp3) is 0.500. The molecule has 0 radical (unpaired) electrons. The summed E-state index contributed by atoms with van der Waals surface area (Å²) in [4.78, 5) is 31.6. The summed E-state index contributed by atoms with van der Waals surface area (Å²) < 4.78 is 0. The van der Waals surface area contributed by atoms with Crippen molar-refractivity contribution >= 4 is 29.3 Å². The SMILES string of the molecule is Cc1c(CN2CCSCC2)cccc1NC(=O)C1CC2CCCCC2N1C(=O)c1ccccc1. The predicted molar refractivity (Wildman–Crippen MR) is 139 cm³/mol. The van der Waals surface area contributed by atoms with Crippen LogP contribution in [0.25, 0.3) is 0 Å². The zero-order chi connectivity index (χ0) is 23.5. The standard InChI is InChI=1S/C28H35N3O2S/c1-20-23(19-30-14-16-34-17-15-30)11-7-12-24(20)29-27(32)26-18-22-10-5-6-13-25(22)31(26)28(33)21-8-3-2-4-9-21/h2-4,7-9,11-12,22,25-26H,5-6,10,13-19H2,1H3,(H,29,32). The van der Waals surface area contributed by atoms with E-state index in [9.17, 15) is 9.59 Å². The highest BCUT2D eigenvalue weighted by atomic mass is 32.2. The summed E-state index contributed by atoms with van der Waals surface area (Å²) >= 11 is 2.02. The molecule has 2 aromatic carbocycles. The molecule has 5 nitrogen and oxygen atoms in total. The number of anilines is 1. The van der Waals surface area contributed by atoms with Crippen molar-refractivity contribution in [3.63, 3.8) is 0 Å². The molecular formula is C28H35N3O2S. The molecule has 3 atom stereocenters. The first kappa shape index (κ1) is 23.4. The molecule has 3 fully saturated rings. The first-order valence-electron chi connectivity index (χ1n) is 12.7. The average molecular weight is 478 g/mol. The quantitative estimate of drug-likeness (QED) is 0.662. The fourth-order valence-corrected chi connectivity index (χ4v) is 6.90. The van der Waals surface area contributed by atoms with Crippen molar-refractivity contribution in [2.45, 2.75) is 57.7 Å². The molecule has 3 aliphatic rings. The largest absolute Gasteiger partial charge is 0.324 e. The van der Waals surface area contributed by atoms with Gasteiger partial charge in [-0.05, 0) is 61.4 Å². The van der Waals surface area contributed by atoms with E-state index in [1.54, 1.807) is 0 Å². The smallest absolute Gasteiger partial charge is 0.254 e. The lowest BCUT2D eigenvalue weighted by molar-refractivity contribution is -0.120. The van der Waals surface area contributed by atoms with Gasteiger partial charge < -0.3 is 10.2 Å². The first-order chi connectivity index (χ1) is 16.6. The summed E-state index contributed by atoms with van der Waals surface area (Å²) in [6.45, 7) is 5.25. The lowest BCUT2D eigenvalue weighted by Crippen LogP contribution is -2.47. The van der Waals surface area contributed by atoms with Crippen LogP contribution in [0.15, 0.2) is 48.5 Å². The number of fused-ring (bicyclic) bond motifs is 1. The second kappa shape index (κ2) is 10.5. The van der Waals surface area contributed by atoms with Gasteiger partial charge in [-0.1, -0.05) is 43.2 Å². The van der Waals surface area contributed by atoms with Crippen molar-refractivity contribution in [2.24, 2.45) is 5.92 Å². The Labute approximate surface area is 207 Å². The van der Waals surface area contributed by atoms with Gasteiger partial charge in [0.25, 0.3) is 5.91 Å². The normalized spacial score (nSPS) is 25.1. The summed E-state index contributed by atoms with van der Waals surface area (Å²) in [6.07, 6.45) is 5.19. The van der Waals surface area contributed by atoms with E-state index in [1.807, 2.05) is 59.1 Å². The maximum absolute atomic E-state index is 13.6. The number of rotatable bonds is 5. The minimum absolute atomic E-state index is 0.0106. The Morgan fingerprint density at radius 3 is 2.56 bits per heavy atom. The van der Waals surface area contributed by atoms with Crippen LogP contribution in [0.5, 0.6) is 0 Å². The predicted octanol–water partition coefficient (Wildman–Crippen LogP) is 4.96. The molecule has 6 heteroatoms. The maximum Gasteiger partial charge on any atom is 0.254 e. The molecule has 1 saturated carbocycles. The van der Waals surface area contributed by atoms with Crippen LogP contribution in [0, 0.1) is 12.8 Å². The summed E-state index contributed by atoms with van der Waals surface area (Å²) in [6, 6.07) is 15.4. The van der Waals surface area contributed by atoms with Crippen LogP contribution in [-0.4, -0.2) is 58.3 Å². The number of hydrogen-bond donors (Lipinski definition) is 1. The highest BCUT2D eigenvalue weighted by Gasteiger charge is 2.47. The number of carbonyl (C=O) groups excluding carboxylic acids is 2. The molecule has 2 aromatic rings. The van der Waals surface area contributed by atoms with Gasteiger partial charge in [0.1, 0.15) is 6.04 Å². The van der Waals surface area contributed by atoms with Crippen molar-refractivity contribution in [3.8, 4) is 0 Å². The molecule has 0 bridgehead atoms. The van der Waals surface area contributed by atoms with Gasteiger partial charge in [-0.2, -0.15) is 11.8 Å². The van der Waals surface area contributed by atoms with Crippen LogP contribution in [0.3, 0.4) is 0 Å². The Kier molecular flexibility index (Phi) is 7.26. The minimum Gasteiger partial charge on any atom is -0.324 e. The molecule has 2 aliphatic heterocycles. The molecular weight excluding hydrogens is 442 g/mol. The monoisotopic (exact) mass is 477 g/mol. The molecule has 0 spiro atoms. The van der Waals surface area contributed by atoms with Crippen LogP contribution in [-0.2, 0) is 11.3 Å². The number of benzene rings is 2. The second-order valence-corrected chi connectivity index (χ2v) is 11.1. The van der Waals surface area contributed by atoms with E-state index < -0.39 is 6.04 Å². The van der Waals surface area contributed by atoms with Crippen LogP contribution in [0.1, 0.15) is 53.6 Å². The van der Waals surface area contributed by atoms with E-state index >= 15 is 0 Å². The molecule has 0 aromatic heterocycles. The highest BCUT2D eigenvalue weighted by molar-refractivity contribution is 7.99. The van der Waals surface area contributed by atoms with Gasteiger partial charge in [-0.3, -0.25) is 14.5 Å². The average Bonchev–Trinajstić information content (AvgIpc) is 3.27. The van der Waals surface area contributed by atoms with E-state index in [-0.39, 0.29) is 17.9 Å². The lowest BCUT2D eigenvalue weighted by Gasteiger charge is -2.33. The van der Waals surface area contributed by atoms with E-state index in [2.05, 4.69) is 23.2 Å². The summed E-state index contributed by atoms with van der Waals surface area (Å²) in [7, 11) is 0. The summed E-state index contributed by atoms with van der Waals surface area (Å²) in [5.74, 6) is 2.73. The number of likely N-dealkylation sites (tertiary alicyclic amines) is 1. The zero-order valence-electron chi connectivity index (χ0n) is 20.0. The van der Waals surface area contributed by atoms with E-state index in [4.69, 9.17) is 0 Å². The third-order valence-corrected chi connectivity index (χ3v) is 8.79. The Hall–Kier alpha value is -2.31. The summed E-state index contributed by atoms with van der Waals surface area (Å²) in [5, 5.41) is 3.22. The number of amides is 2. The number of nitrogens with zero attached hydrogens (tertiary/aromatic N) is 2. The highest BCUT2D eigenvalue weighted by Crippen LogP contribution is 2.41. The van der Waals surface area contributed by atoms with Gasteiger partial charge in [-0.15, -0.1) is 0 Å². The van der Waals surface area contributed by atoms with Gasteiger partial charge in [0.05, 0.1) is 0 Å². The Morgan fingerprint density at radius 2 is 1.76 bits per heavy atom. The van der Waals surface area contributed by atoms with Crippen LogP contribution < -0.4 is 5.32 Å². The molecule has 3 unspecified atom stereocenters. The fourth-order valence-electron chi connectivity index (χ4n) is 5.92. The molecule has 1 aliphatic carbocycles. The number of carbonyl (C=O) groups is 2. The zero-order valence-corrected chi connectivity index (χ0v) is 20.9. The van der Waals surface area contributed by atoms with Crippen molar-refractivity contribution in [2.75, 3.05) is 29.9 Å². The molecule has 2 heterocycles. The third-order valence-electron chi connectivity index (χ3n) is 7.85. The number of hydrogen-bond acceptors (Lipinski definition) is 4. The first-order valence-corrected chi connectivity index (χ1v) is 13.8. The second-order valence-electron chi connectivity index (χ2n) is 9.91. The molecule has 2 saturated heterocycles. The van der Waals surface area contributed by atoms with Crippen LogP contribution >= 0.6 is 11.8 Å². The molecule has 2 amide bonds. The lowest BCUT2D eigenvalue weighted by atomic mass is 9.84. The Bertz CT molecular complexity index is 1020. The number of nitrogens with one attached hydrogen (secondary N) is 1. The van der Waals surface area contributed by atoms with Crippen molar-refractivity contribution in [1.82, 2.24) is 9.80 Å². The molecule has 1 N–H and O–H groups in total. The summed E-state index contributed by atoms with van der Waals surface area (Å²) in [5.41, 5.74) is 3.94. The van der Waals surface area contributed by atoms with E-state index in [1.165, 1.54) is 23.5 Å². The molecule has 34 heavy (non-hydrogen) atoms. The van der Waals surface area contributed by atoms with E-state index in [0.29, 0.717) is 11.5 Å². The van der Waals surface area contributed by atoms with Gasteiger partial charge in [0, 0.05) is 48.4 Å². The molecule has 180 valence electrons. The van der Waals surface area contributed by atoms with E-state index in [0.717, 1.165) is 56.6 Å². The Morgan fingerprint density at radius 1 is 1.00 bits per heavy atom.